The fraction of sp³-hybridized carbons (Fsp3) is 0.0769. The molecule has 3 heterocycles. The molecule has 2 N–H and O–H groups in total. The van der Waals surface area contributed by atoms with Crippen molar-refractivity contribution in [1.82, 2.24) is 20.3 Å². The number of nitrogens with zero attached hydrogens (tertiary/aromatic N) is 3. The van der Waals surface area contributed by atoms with Crippen LogP contribution >= 0.6 is 11.6 Å². The van der Waals surface area contributed by atoms with E-state index in [1.54, 1.807) is 36.7 Å². The van der Waals surface area contributed by atoms with Crippen molar-refractivity contribution in [3.05, 3.63) is 112 Å². The summed E-state index contributed by atoms with van der Waals surface area (Å²) in [5, 5.41) is 4.90. The molecule has 2 aromatic carbocycles. The quantitative estimate of drug-likeness (QED) is 0.311. The molecule has 1 amide bonds. The molecular formula is C26H17ClFN5O. The Morgan fingerprint density at radius 3 is 2.88 bits per heavy atom. The Labute approximate surface area is 199 Å². The van der Waals surface area contributed by atoms with Crippen LogP contribution in [0.5, 0.6) is 0 Å². The van der Waals surface area contributed by atoms with Crippen molar-refractivity contribution in [3.8, 4) is 0 Å². The maximum Gasteiger partial charge on any atom is 0.270 e. The predicted molar refractivity (Wildman–Crippen MR) is 129 cm³/mol. The number of rotatable bonds is 5. The second-order valence-electron chi connectivity index (χ2n) is 7.83. The van der Waals surface area contributed by atoms with Crippen molar-refractivity contribution in [2.24, 2.45) is 0 Å². The predicted octanol–water partition coefficient (Wildman–Crippen LogP) is 5.98. The van der Waals surface area contributed by atoms with E-state index >= 15 is 0 Å². The third-order valence-electron chi connectivity index (χ3n) is 5.56. The van der Waals surface area contributed by atoms with Gasteiger partial charge in [0.05, 0.1) is 5.02 Å². The number of hydrogen-bond donors (Lipinski definition) is 2. The van der Waals surface area contributed by atoms with Crippen LogP contribution in [0.1, 0.15) is 27.2 Å². The maximum absolute atomic E-state index is 14.4. The third kappa shape index (κ3) is 4.32. The van der Waals surface area contributed by atoms with Crippen LogP contribution in [0.25, 0.3) is 26.7 Å². The van der Waals surface area contributed by atoms with Gasteiger partial charge in [-0.15, -0.1) is 4.98 Å². The number of nitrogens with one attached hydrogen (secondary N) is 2. The van der Waals surface area contributed by atoms with Crippen LogP contribution in [0.15, 0.2) is 67.0 Å². The van der Waals surface area contributed by atoms with Crippen molar-refractivity contribution in [2.75, 3.05) is 0 Å². The lowest BCUT2D eigenvalue weighted by Crippen LogP contribution is -2.23. The molecule has 0 spiro atoms. The minimum absolute atomic E-state index is 0.0318. The Hall–Kier alpha value is -4.28. The summed E-state index contributed by atoms with van der Waals surface area (Å²) in [5.41, 5.74) is 3.88. The normalized spacial score (nSPS) is 11.0. The van der Waals surface area contributed by atoms with E-state index in [9.17, 15) is 9.18 Å². The van der Waals surface area contributed by atoms with Gasteiger partial charge in [0.1, 0.15) is 5.82 Å². The van der Waals surface area contributed by atoms with Crippen LogP contribution < -0.4 is 5.32 Å². The van der Waals surface area contributed by atoms with E-state index in [1.165, 1.54) is 6.07 Å². The van der Waals surface area contributed by atoms with Crippen LogP contribution in [0.2, 0.25) is 5.02 Å². The topological polar surface area (TPSA) is 75.0 Å². The molecule has 0 radical (unpaired) electrons. The first kappa shape index (κ1) is 21.6. The Bertz CT molecular complexity index is 1600. The van der Waals surface area contributed by atoms with Gasteiger partial charge in [0, 0.05) is 58.5 Å². The average Bonchev–Trinajstić information content (AvgIpc) is 3.21. The van der Waals surface area contributed by atoms with E-state index in [2.05, 4.69) is 25.1 Å². The van der Waals surface area contributed by atoms with E-state index in [-0.39, 0.29) is 12.5 Å². The van der Waals surface area contributed by atoms with Gasteiger partial charge in [-0.2, -0.15) is 0 Å². The van der Waals surface area contributed by atoms with Gasteiger partial charge in [0.2, 0.25) is 0 Å². The second kappa shape index (κ2) is 8.93. The highest BCUT2D eigenvalue weighted by Crippen LogP contribution is 2.26. The highest BCUT2D eigenvalue weighted by atomic mass is 35.5. The van der Waals surface area contributed by atoms with Gasteiger partial charge in [-0.05, 0) is 48.0 Å². The number of hydrogen-bond acceptors (Lipinski definition) is 3. The number of halogens is 2. The molecule has 0 aliphatic heterocycles. The molecule has 0 bridgehead atoms. The molecule has 0 saturated heterocycles. The summed E-state index contributed by atoms with van der Waals surface area (Å²) in [5.74, 6) is -0.384. The molecule has 0 atom stereocenters. The lowest BCUT2D eigenvalue weighted by molar-refractivity contribution is 0.0950. The van der Waals surface area contributed by atoms with E-state index < -0.39 is 5.82 Å². The zero-order valence-electron chi connectivity index (χ0n) is 17.8. The number of carbonyl (C=O) groups excluding carboxylic acids is 1. The van der Waals surface area contributed by atoms with Gasteiger partial charge in [0.15, 0.2) is 5.52 Å². The molecule has 8 heteroatoms. The van der Waals surface area contributed by atoms with E-state index in [4.69, 9.17) is 18.2 Å². The molecule has 6 nitrogen and oxygen atoms in total. The highest BCUT2D eigenvalue weighted by molar-refractivity contribution is 6.35. The number of H-pyrrole nitrogens is 1. The molecular weight excluding hydrogens is 453 g/mol. The van der Waals surface area contributed by atoms with Gasteiger partial charge < -0.3 is 15.1 Å². The highest BCUT2D eigenvalue weighted by Gasteiger charge is 2.12. The number of amides is 1. The summed E-state index contributed by atoms with van der Waals surface area (Å²) in [7, 11) is 0. The monoisotopic (exact) mass is 469 g/mol. The number of pyridine rings is 2. The fourth-order valence-corrected chi connectivity index (χ4v) is 4.04. The molecule has 34 heavy (non-hydrogen) atoms. The smallest absolute Gasteiger partial charge is 0.270 e. The Kier molecular flexibility index (Phi) is 5.66. The summed E-state index contributed by atoms with van der Waals surface area (Å²) >= 11 is 6.12. The van der Waals surface area contributed by atoms with Crippen LogP contribution in [0, 0.1) is 12.4 Å². The number of aromatic nitrogens is 3. The van der Waals surface area contributed by atoms with E-state index in [0.717, 1.165) is 22.2 Å². The van der Waals surface area contributed by atoms with E-state index in [0.29, 0.717) is 39.3 Å². The summed E-state index contributed by atoms with van der Waals surface area (Å²) in [6.07, 6.45) is 3.71. The number of carbonyl (C=O) groups is 1. The van der Waals surface area contributed by atoms with Crippen molar-refractivity contribution in [1.29, 1.82) is 0 Å². The molecule has 0 aliphatic rings. The lowest BCUT2D eigenvalue weighted by Gasteiger charge is -2.09. The second-order valence-corrected chi connectivity index (χ2v) is 8.24. The van der Waals surface area contributed by atoms with Gasteiger partial charge in [-0.3, -0.25) is 9.78 Å². The summed E-state index contributed by atoms with van der Waals surface area (Å²) in [4.78, 5) is 27.7. The van der Waals surface area contributed by atoms with Gasteiger partial charge in [0.25, 0.3) is 11.7 Å². The Morgan fingerprint density at radius 2 is 2.03 bits per heavy atom. The summed E-state index contributed by atoms with van der Waals surface area (Å²) < 4.78 is 14.4. The fourth-order valence-electron chi connectivity index (χ4n) is 3.83. The molecule has 0 saturated carbocycles. The van der Waals surface area contributed by atoms with Crippen molar-refractivity contribution in [2.45, 2.75) is 13.0 Å². The summed E-state index contributed by atoms with van der Waals surface area (Å²) in [6, 6.07) is 15.7. The van der Waals surface area contributed by atoms with Crippen LogP contribution in [-0.4, -0.2) is 20.9 Å². The van der Waals surface area contributed by atoms with Gasteiger partial charge in [-0.25, -0.2) is 4.39 Å². The number of aromatic amines is 1. The third-order valence-corrected chi connectivity index (χ3v) is 5.87. The van der Waals surface area contributed by atoms with Crippen LogP contribution in [0.3, 0.4) is 0 Å². The molecule has 0 aliphatic carbocycles. The zero-order valence-corrected chi connectivity index (χ0v) is 18.5. The molecule has 166 valence electrons. The van der Waals surface area contributed by atoms with Crippen LogP contribution in [-0.2, 0) is 13.0 Å². The first-order valence-electron chi connectivity index (χ1n) is 10.5. The van der Waals surface area contributed by atoms with Gasteiger partial charge in [-0.1, -0.05) is 30.3 Å². The molecule has 5 aromatic rings. The summed E-state index contributed by atoms with van der Waals surface area (Å²) in [6.45, 7) is 7.12. The first-order valence-corrected chi connectivity index (χ1v) is 10.8. The number of benzene rings is 2. The number of fused-ring (bicyclic) bond motifs is 2. The molecule has 0 fully saturated rings. The van der Waals surface area contributed by atoms with E-state index in [1.807, 2.05) is 24.3 Å². The first-order chi connectivity index (χ1) is 16.5. The van der Waals surface area contributed by atoms with Crippen LogP contribution in [0.4, 0.5) is 10.2 Å². The maximum atomic E-state index is 14.4. The van der Waals surface area contributed by atoms with Crippen molar-refractivity contribution in [3.63, 3.8) is 0 Å². The lowest BCUT2D eigenvalue weighted by atomic mass is 10.0. The Balaban J connectivity index is 1.30. The van der Waals surface area contributed by atoms with Crippen molar-refractivity contribution < 1.29 is 9.18 Å². The molecule has 3 aromatic heterocycles. The SMILES string of the molecule is [C-]#[N+]c1ccc2cc(Cc3cc(C(=O)NCc4cc5c(Cl)c[nH]c5cc4F)ccn3)ccc2n1. The molecule has 0 unspecified atom stereocenters. The minimum atomic E-state index is -0.420. The zero-order chi connectivity index (χ0) is 23.7. The standard InChI is InChI=1S/C26H17ClFN5O/c1-29-25-5-3-16-8-15(2-4-23(16)33-25)9-19-10-17(6-7-30-19)26(34)32-13-18-11-20-21(27)14-31-24(20)12-22(18)28/h2-8,10-12,14,31H,9,13H2,(H,32,34). The Morgan fingerprint density at radius 1 is 1.15 bits per heavy atom. The average molecular weight is 470 g/mol. The molecule has 5 rings (SSSR count). The van der Waals surface area contributed by atoms with Gasteiger partial charge >= 0.3 is 0 Å². The largest absolute Gasteiger partial charge is 0.361 e. The van der Waals surface area contributed by atoms with Crippen molar-refractivity contribution >= 4 is 45.1 Å². The minimum Gasteiger partial charge on any atom is -0.361 e.